The highest BCUT2D eigenvalue weighted by Crippen LogP contribution is 2.15. The minimum atomic E-state index is -0.772. The summed E-state index contributed by atoms with van der Waals surface area (Å²) in [5.74, 6) is -0.772. The average Bonchev–Trinajstić information content (AvgIpc) is 2.38. The monoisotopic (exact) mass is 313 g/mol. The first-order chi connectivity index (χ1) is 9.92. The summed E-state index contributed by atoms with van der Waals surface area (Å²) in [5.41, 5.74) is 1.91. The van der Waals surface area contributed by atoms with Crippen molar-refractivity contribution < 1.29 is 9.90 Å². The van der Waals surface area contributed by atoms with Gasteiger partial charge in [0.25, 0.3) is 0 Å². The summed E-state index contributed by atoms with van der Waals surface area (Å²) < 4.78 is 0. The summed E-state index contributed by atoms with van der Waals surface area (Å²) in [6, 6.07) is 0.274. The van der Waals surface area contributed by atoms with Gasteiger partial charge in [-0.25, -0.2) is 4.99 Å². The summed E-state index contributed by atoms with van der Waals surface area (Å²) in [6.07, 6.45) is 5.68. The quantitative estimate of drug-likeness (QED) is 0.449. The molecule has 1 rings (SSSR count). The normalized spacial score (nSPS) is 22.3. The van der Waals surface area contributed by atoms with Crippen molar-refractivity contribution in [1.29, 1.82) is 0 Å². The van der Waals surface area contributed by atoms with E-state index in [1.54, 1.807) is 6.21 Å². The number of allylic oxidation sites excluding steroid dienone is 3. The Bertz CT molecular complexity index is 458. The molecular formula is C15H24ClN3O2. The van der Waals surface area contributed by atoms with E-state index in [9.17, 15) is 4.79 Å². The number of aliphatic imine (C=N–C) groups is 1. The van der Waals surface area contributed by atoms with Gasteiger partial charge in [0, 0.05) is 24.5 Å². The molecule has 1 heterocycles. The van der Waals surface area contributed by atoms with Crippen molar-refractivity contribution in [3.63, 3.8) is 0 Å². The van der Waals surface area contributed by atoms with E-state index in [1.165, 1.54) is 0 Å². The number of carboxylic acid groups (broad SMARTS) is 1. The number of likely N-dealkylation sites (tertiary alicyclic amines) is 1. The Morgan fingerprint density at radius 3 is 2.86 bits per heavy atom. The summed E-state index contributed by atoms with van der Waals surface area (Å²) in [5, 5.41) is 12.8. The Balaban J connectivity index is 2.59. The molecule has 118 valence electrons. The van der Waals surface area contributed by atoms with Gasteiger partial charge in [-0.3, -0.25) is 9.69 Å². The number of hydrogen-bond donors (Lipinski definition) is 2. The molecule has 0 aromatic carbocycles. The van der Waals surface area contributed by atoms with Gasteiger partial charge in [0.05, 0.1) is 6.54 Å². The molecule has 0 saturated carbocycles. The fourth-order valence-corrected chi connectivity index (χ4v) is 2.62. The molecule has 0 aromatic heterocycles. The van der Waals surface area contributed by atoms with Gasteiger partial charge in [-0.2, -0.15) is 0 Å². The number of carbonyl (C=O) groups is 1. The second kappa shape index (κ2) is 8.85. The first kappa shape index (κ1) is 17.7. The maximum absolute atomic E-state index is 10.8. The van der Waals surface area contributed by atoms with Crippen molar-refractivity contribution in [1.82, 2.24) is 10.2 Å². The maximum Gasteiger partial charge on any atom is 0.317 e. The zero-order chi connectivity index (χ0) is 15.8. The molecule has 0 bridgehead atoms. The molecule has 1 saturated heterocycles. The molecule has 0 radical (unpaired) electrons. The Morgan fingerprint density at radius 1 is 1.52 bits per heavy atom. The van der Waals surface area contributed by atoms with Crippen LogP contribution in [0.5, 0.6) is 0 Å². The van der Waals surface area contributed by atoms with Gasteiger partial charge >= 0.3 is 5.97 Å². The second-order valence-electron chi connectivity index (χ2n) is 5.30. The first-order valence-electron chi connectivity index (χ1n) is 7.16. The van der Waals surface area contributed by atoms with Crippen LogP contribution in [-0.4, -0.2) is 47.9 Å². The van der Waals surface area contributed by atoms with Crippen LogP contribution in [0.25, 0.3) is 0 Å². The lowest BCUT2D eigenvalue weighted by molar-refractivity contribution is -0.138. The number of piperidine rings is 1. The highest BCUT2D eigenvalue weighted by molar-refractivity contribution is 6.30. The van der Waals surface area contributed by atoms with E-state index in [1.807, 2.05) is 31.7 Å². The van der Waals surface area contributed by atoms with Crippen LogP contribution in [0.4, 0.5) is 0 Å². The van der Waals surface area contributed by atoms with Gasteiger partial charge < -0.3 is 10.4 Å². The highest BCUT2D eigenvalue weighted by Gasteiger charge is 2.21. The van der Waals surface area contributed by atoms with Crippen LogP contribution in [0.15, 0.2) is 27.5 Å². The fourth-order valence-electron chi connectivity index (χ4n) is 2.47. The molecule has 21 heavy (non-hydrogen) atoms. The zero-order valence-electron chi connectivity index (χ0n) is 12.9. The number of halogens is 1. The van der Waals surface area contributed by atoms with Gasteiger partial charge in [-0.15, -0.1) is 0 Å². The first-order valence-corrected chi connectivity index (χ1v) is 7.54. The Kier molecular flexibility index (Phi) is 7.47. The van der Waals surface area contributed by atoms with E-state index in [0.717, 1.165) is 37.2 Å². The number of nitrogens with zero attached hydrogens (tertiary/aromatic N) is 2. The van der Waals surface area contributed by atoms with Crippen molar-refractivity contribution in [3.05, 3.63) is 22.5 Å². The zero-order valence-corrected chi connectivity index (χ0v) is 13.7. The van der Waals surface area contributed by atoms with Gasteiger partial charge in [0.2, 0.25) is 0 Å². The maximum atomic E-state index is 10.8. The van der Waals surface area contributed by atoms with Crippen LogP contribution in [0, 0.1) is 0 Å². The summed E-state index contributed by atoms with van der Waals surface area (Å²) in [7, 11) is 0. The molecule has 1 fully saturated rings. The number of aliphatic carboxylic acids is 1. The van der Waals surface area contributed by atoms with Gasteiger partial charge in [0.1, 0.15) is 5.16 Å². The largest absolute Gasteiger partial charge is 0.480 e. The third-order valence-corrected chi connectivity index (χ3v) is 3.69. The SMILES string of the molecule is CC=N/C(Cl)=C(C)\C=C(/C)N[C@@H]1CCCN(CC(=O)O)C1. The van der Waals surface area contributed by atoms with Crippen LogP contribution in [0.2, 0.25) is 0 Å². The molecule has 6 heteroatoms. The fraction of sp³-hybridized carbons (Fsp3) is 0.600. The lowest BCUT2D eigenvalue weighted by Crippen LogP contribution is -2.46. The average molecular weight is 314 g/mol. The van der Waals surface area contributed by atoms with E-state index < -0.39 is 5.97 Å². The van der Waals surface area contributed by atoms with E-state index in [0.29, 0.717) is 5.16 Å². The predicted octanol–water partition coefficient (Wildman–Crippen LogP) is 2.59. The minimum Gasteiger partial charge on any atom is -0.480 e. The highest BCUT2D eigenvalue weighted by atomic mass is 35.5. The topological polar surface area (TPSA) is 64.9 Å². The van der Waals surface area contributed by atoms with Crippen LogP contribution >= 0.6 is 11.6 Å². The lowest BCUT2D eigenvalue weighted by Gasteiger charge is -2.32. The number of rotatable bonds is 6. The van der Waals surface area contributed by atoms with E-state index in [-0.39, 0.29) is 12.6 Å². The standard InChI is InChI=1S/C15H24ClN3O2/c1-4-17-15(16)11(2)8-12(3)18-13-6-5-7-19(9-13)10-14(20)21/h4,8,13,18H,5-7,9-10H2,1-3H3,(H,20,21)/b12-8+,15-11-,17-4?/t13-/m1/s1. The number of hydrogen-bond acceptors (Lipinski definition) is 4. The van der Waals surface area contributed by atoms with Crippen molar-refractivity contribution in [2.75, 3.05) is 19.6 Å². The molecule has 0 unspecified atom stereocenters. The van der Waals surface area contributed by atoms with Crippen molar-refractivity contribution >= 4 is 23.8 Å². The van der Waals surface area contributed by atoms with Gasteiger partial charge in [0.15, 0.2) is 0 Å². The lowest BCUT2D eigenvalue weighted by atomic mass is 10.1. The molecule has 1 atom stereocenters. The van der Waals surface area contributed by atoms with Crippen LogP contribution in [-0.2, 0) is 4.79 Å². The van der Waals surface area contributed by atoms with Gasteiger partial charge in [-0.05, 0) is 51.8 Å². The van der Waals surface area contributed by atoms with Gasteiger partial charge in [-0.1, -0.05) is 11.6 Å². The summed E-state index contributed by atoms with van der Waals surface area (Å²) in [6.45, 7) is 7.43. The Hall–Kier alpha value is -1.33. The third kappa shape index (κ3) is 6.78. The summed E-state index contributed by atoms with van der Waals surface area (Å²) in [4.78, 5) is 16.8. The minimum absolute atomic E-state index is 0.108. The molecule has 1 aliphatic rings. The molecule has 0 amide bonds. The van der Waals surface area contributed by atoms with Crippen molar-refractivity contribution in [3.8, 4) is 0 Å². The third-order valence-electron chi connectivity index (χ3n) is 3.30. The van der Waals surface area contributed by atoms with Crippen molar-refractivity contribution in [2.24, 2.45) is 4.99 Å². The van der Waals surface area contributed by atoms with Crippen LogP contribution in [0.1, 0.15) is 33.6 Å². The molecule has 0 aliphatic carbocycles. The molecule has 5 nitrogen and oxygen atoms in total. The van der Waals surface area contributed by atoms with E-state index in [2.05, 4.69) is 10.3 Å². The molecular weight excluding hydrogens is 290 g/mol. The Morgan fingerprint density at radius 2 is 2.24 bits per heavy atom. The number of carboxylic acids is 1. The Labute approximate surface area is 131 Å². The predicted molar refractivity (Wildman–Crippen MR) is 86.7 cm³/mol. The van der Waals surface area contributed by atoms with Crippen LogP contribution < -0.4 is 5.32 Å². The summed E-state index contributed by atoms with van der Waals surface area (Å²) >= 11 is 6.03. The molecule has 1 aliphatic heterocycles. The molecule has 2 N–H and O–H groups in total. The van der Waals surface area contributed by atoms with E-state index >= 15 is 0 Å². The molecule has 0 aromatic rings. The smallest absolute Gasteiger partial charge is 0.317 e. The second-order valence-corrected chi connectivity index (χ2v) is 5.66. The number of nitrogens with one attached hydrogen (secondary N) is 1. The molecule has 0 spiro atoms. The van der Waals surface area contributed by atoms with E-state index in [4.69, 9.17) is 16.7 Å². The van der Waals surface area contributed by atoms with Crippen molar-refractivity contribution in [2.45, 2.75) is 39.7 Å². The van der Waals surface area contributed by atoms with Crippen LogP contribution in [0.3, 0.4) is 0 Å².